The number of hydrogen-bond acceptors (Lipinski definition) is 2. The van der Waals surface area contributed by atoms with Crippen LogP contribution in [0.5, 0.6) is 0 Å². The number of benzene rings is 4. The van der Waals surface area contributed by atoms with Gasteiger partial charge in [-0.2, -0.15) is 4.57 Å². The second-order valence-corrected chi connectivity index (χ2v) is 10.5. The number of aryl methyl sites for hydroxylation is 2. The van der Waals surface area contributed by atoms with Crippen molar-refractivity contribution in [1.29, 1.82) is 0 Å². The molecule has 2 aromatic heterocycles. The van der Waals surface area contributed by atoms with Crippen LogP contribution in [-0.2, 0) is 12.5 Å². The van der Waals surface area contributed by atoms with E-state index in [1.54, 1.807) is 0 Å². The summed E-state index contributed by atoms with van der Waals surface area (Å²) in [6.07, 6.45) is 0. The van der Waals surface area contributed by atoms with Crippen molar-refractivity contribution in [2.24, 2.45) is 7.05 Å². The third-order valence-electron chi connectivity index (χ3n) is 7.00. The zero-order valence-electron chi connectivity index (χ0n) is 21.4. The van der Waals surface area contributed by atoms with Gasteiger partial charge < -0.3 is 4.42 Å². The third kappa shape index (κ3) is 3.61. The molecule has 4 heteroatoms. The highest BCUT2D eigenvalue weighted by molar-refractivity contribution is 5.85. The molecule has 0 bridgehead atoms. The summed E-state index contributed by atoms with van der Waals surface area (Å²) in [5.41, 5.74) is 9.83. The fraction of sp³-hybridized carbons (Fsp3) is 0.188. The van der Waals surface area contributed by atoms with Gasteiger partial charge in [0.05, 0.1) is 12.6 Å². The highest BCUT2D eigenvalue weighted by Crippen LogP contribution is 2.34. The Labute approximate surface area is 211 Å². The van der Waals surface area contributed by atoms with Crippen LogP contribution < -0.4 is 4.57 Å². The molecule has 0 aliphatic heterocycles. The zero-order valence-corrected chi connectivity index (χ0v) is 21.4. The molecular weight excluding hydrogens is 442 g/mol. The molecule has 0 radical (unpaired) electrons. The molecule has 4 nitrogen and oxygen atoms in total. The Morgan fingerprint density at radius 2 is 1.53 bits per heavy atom. The van der Waals surface area contributed by atoms with Gasteiger partial charge in [-0.3, -0.25) is 0 Å². The molecule has 0 aliphatic carbocycles. The monoisotopic (exact) mass is 472 g/mol. The van der Waals surface area contributed by atoms with E-state index >= 15 is 0 Å². The van der Waals surface area contributed by atoms with E-state index in [9.17, 15) is 0 Å². The maximum atomic E-state index is 6.15. The molecule has 0 N–H and O–H groups in total. The maximum absolute atomic E-state index is 6.15. The number of hydrogen-bond donors (Lipinski definition) is 0. The van der Waals surface area contributed by atoms with Crippen LogP contribution in [0.4, 0.5) is 0 Å². The first-order chi connectivity index (χ1) is 17.3. The minimum Gasteiger partial charge on any atom is -0.436 e. The average Bonchev–Trinajstić information content (AvgIpc) is 3.42. The molecule has 6 aromatic rings. The van der Waals surface area contributed by atoms with Crippen LogP contribution in [0.15, 0.2) is 95.4 Å². The number of nitrogens with zero attached hydrogens (tertiary/aromatic N) is 3. The molecule has 178 valence electrons. The molecule has 0 aliphatic rings. The van der Waals surface area contributed by atoms with Crippen LogP contribution in [0, 0.1) is 6.92 Å². The first-order valence-electron chi connectivity index (χ1n) is 12.4. The summed E-state index contributed by atoms with van der Waals surface area (Å²) in [4.78, 5) is 4.85. The summed E-state index contributed by atoms with van der Waals surface area (Å²) in [7, 11) is 2.14. The van der Waals surface area contributed by atoms with Crippen molar-refractivity contribution >= 4 is 22.1 Å². The van der Waals surface area contributed by atoms with Crippen molar-refractivity contribution in [2.45, 2.75) is 33.1 Å². The summed E-state index contributed by atoms with van der Waals surface area (Å²) in [5.74, 6) is 1.76. The van der Waals surface area contributed by atoms with Crippen LogP contribution in [-0.4, -0.2) is 9.55 Å². The second kappa shape index (κ2) is 8.20. The molecule has 0 saturated heterocycles. The molecule has 6 rings (SSSR count). The van der Waals surface area contributed by atoms with E-state index < -0.39 is 0 Å². The van der Waals surface area contributed by atoms with Crippen LogP contribution in [0.25, 0.3) is 50.7 Å². The number of fused-ring (bicyclic) bond motifs is 2. The average molecular weight is 473 g/mol. The lowest BCUT2D eigenvalue weighted by molar-refractivity contribution is -0.633. The largest absolute Gasteiger partial charge is 0.436 e. The minimum absolute atomic E-state index is 0.107. The van der Waals surface area contributed by atoms with Crippen molar-refractivity contribution < 1.29 is 8.98 Å². The van der Waals surface area contributed by atoms with Crippen LogP contribution in [0.2, 0.25) is 0 Å². The quantitative estimate of drug-likeness (QED) is 0.249. The molecule has 0 saturated carbocycles. The highest BCUT2D eigenvalue weighted by Gasteiger charge is 2.28. The van der Waals surface area contributed by atoms with Crippen molar-refractivity contribution in [2.75, 3.05) is 0 Å². The van der Waals surface area contributed by atoms with E-state index in [1.807, 2.05) is 30.3 Å². The predicted molar refractivity (Wildman–Crippen MR) is 146 cm³/mol. The number of rotatable bonds is 3. The van der Waals surface area contributed by atoms with E-state index in [1.165, 1.54) is 16.6 Å². The van der Waals surface area contributed by atoms with Crippen molar-refractivity contribution in [3.63, 3.8) is 0 Å². The fourth-order valence-corrected chi connectivity index (χ4v) is 5.01. The Morgan fingerprint density at radius 3 is 2.25 bits per heavy atom. The van der Waals surface area contributed by atoms with Gasteiger partial charge in [0.2, 0.25) is 5.89 Å². The fourth-order valence-electron chi connectivity index (χ4n) is 5.01. The minimum atomic E-state index is 0.107. The van der Waals surface area contributed by atoms with E-state index in [0.717, 1.165) is 39.3 Å². The molecule has 0 fully saturated rings. The Kier molecular flexibility index (Phi) is 5.08. The molecule has 36 heavy (non-hydrogen) atoms. The lowest BCUT2D eigenvalue weighted by Crippen LogP contribution is -2.30. The Bertz CT molecular complexity index is 1720. The van der Waals surface area contributed by atoms with Gasteiger partial charge in [0.15, 0.2) is 16.6 Å². The Balaban J connectivity index is 1.58. The molecule has 0 atom stereocenters. The van der Waals surface area contributed by atoms with Crippen LogP contribution in [0.3, 0.4) is 0 Å². The van der Waals surface area contributed by atoms with Gasteiger partial charge in [-0.1, -0.05) is 63.2 Å². The topological polar surface area (TPSA) is 34.8 Å². The van der Waals surface area contributed by atoms with Crippen LogP contribution in [0.1, 0.15) is 31.9 Å². The summed E-state index contributed by atoms with van der Waals surface area (Å²) >= 11 is 0. The molecule has 0 unspecified atom stereocenters. The summed E-state index contributed by atoms with van der Waals surface area (Å²) < 4.78 is 10.8. The Hall–Kier alpha value is -4.18. The SMILES string of the molecule is Cc1cc2oc(-c3ccccc3)nc2cc1-c1n(-c2ccc(C(C)(C)C)cc2)c2ccccc2[n+]1C. The van der Waals surface area contributed by atoms with E-state index in [0.29, 0.717) is 5.89 Å². The van der Waals surface area contributed by atoms with Gasteiger partial charge in [0.1, 0.15) is 11.2 Å². The second-order valence-electron chi connectivity index (χ2n) is 10.5. The maximum Gasteiger partial charge on any atom is 0.295 e. The number of oxazole rings is 1. The lowest BCUT2D eigenvalue weighted by atomic mass is 9.87. The summed E-state index contributed by atoms with van der Waals surface area (Å²) in [6, 6.07) is 31.8. The lowest BCUT2D eigenvalue weighted by Gasteiger charge is -2.18. The van der Waals surface area contributed by atoms with Crippen LogP contribution >= 0.6 is 0 Å². The smallest absolute Gasteiger partial charge is 0.295 e. The summed E-state index contributed by atoms with van der Waals surface area (Å²) in [6.45, 7) is 8.89. The first kappa shape index (κ1) is 22.3. The van der Waals surface area contributed by atoms with Gasteiger partial charge in [-0.25, -0.2) is 9.55 Å². The first-order valence-corrected chi connectivity index (χ1v) is 12.4. The van der Waals surface area contributed by atoms with Gasteiger partial charge in [-0.05, 0) is 72.0 Å². The van der Waals surface area contributed by atoms with E-state index in [-0.39, 0.29) is 5.41 Å². The van der Waals surface area contributed by atoms with Crippen molar-refractivity contribution in [1.82, 2.24) is 9.55 Å². The van der Waals surface area contributed by atoms with Gasteiger partial charge in [0.25, 0.3) is 5.82 Å². The third-order valence-corrected chi connectivity index (χ3v) is 7.00. The normalized spacial score (nSPS) is 12.0. The standard InChI is InChI=1S/C32H30N3O/c1-21-19-29-26(33-30(36-29)22-11-7-6-8-12-22)20-25(21)31-34(5)27-13-9-10-14-28(27)35(31)24-17-15-23(16-18-24)32(2,3)4/h6-20H,1-5H3/q+1. The van der Waals surface area contributed by atoms with Crippen molar-refractivity contribution in [3.05, 3.63) is 102 Å². The number of para-hydroxylation sites is 2. The predicted octanol–water partition coefficient (Wildman–Crippen LogP) is 7.54. The molecule has 4 aromatic carbocycles. The number of aromatic nitrogens is 3. The zero-order chi connectivity index (χ0) is 25.0. The van der Waals surface area contributed by atoms with Gasteiger partial charge in [0, 0.05) is 5.56 Å². The van der Waals surface area contributed by atoms with E-state index in [2.05, 4.69) is 105 Å². The molecular formula is C32H30N3O+. The van der Waals surface area contributed by atoms with Crippen molar-refractivity contribution in [3.8, 4) is 28.5 Å². The summed E-state index contributed by atoms with van der Waals surface area (Å²) in [5, 5.41) is 0. The molecule has 2 heterocycles. The molecule has 0 spiro atoms. The van der Waals surface area contributed by atoms with Gasteiger partial charge in [-0.15, -0.1) is 0 Å². The Morgan fingerprint density at radius 1 is 0.833 bits per heavy atom. The van der Waals surface area contributed by atoms with E-state index in [4.69, 9.17) is 9.40 Å². The highest BCUT2D eigenvalue weighted by atomic mass is 16.3. The van der Waals surface area contributed by atoms with Gasteiger partial charge >= 0.3 is 0 Å². The number of imidazole rings is 1. The molecule has 0 amide bonds.